The summed E-state index contributed by atoms with van der Waals surface area (Å²) in [7, 11) is 0. The van der Waals surface area contributed by atoms with Gasteiger partial charge in [-0.3, -0.25) is 9.78 Å². The molecule has 0 atom stereocenters. The van der Waals surface area contributed by atoms with Crippen LogP contribution in [0, 0.1) is 6.92 Å². The second-order valence-electron chi connectivity index (χ2n) is 4.57. The van der Waals surface area contributed by atoms with E-state index in [9.17, 15) is 4.79 Å². The predicted octanol–water partition coefficient (Wildman–Crippen LogP) is 1.97. The summed E-state index contributed by atoms with van der Waals surface area (Å²) in [6, 6.07) is 7.38. The maximum Gasteiger partial charge on any atom is 0.255 e. The summed E-state index contributed by atoms with van der Waals surface area (Å²) >= 11 is 0. The molecule has 1 N–H and O–H groups in total. The van der Waals surface area contributed by atoms with E-state index < -0.39 is 0 Å². The molecule has 5 nitrogen and oxygen atoms in total. The lowest BCUT2D eigenvalue weighted by Gasteiger charge is -2.06. The van der Waals surface area contributed by atoms with Crippen molar-refractivity contribution >= 4 is 11.6 Å². The lowest BCUT2D eigenvalue weighted by atomic mass is 10.2. The van der Waals surface area contributed by atoms with Gasteiger partial charge in [-0.25, -0.2) is 4.98 Å². The van der Waals surface area contributed by atoms with Crippen molar-refractivity contribution in [1.29, 1.82) is 0 Å². The van der Waals surface area contributed by atoms with E-state index in [0.29, 0.717) is 17.8 Å². The van der Waals surface area contributed by atoms with Gasteiger partial charge >= 0.3 is 0 Å². The van der Waals surface area contributed by atoms with Crippen LogP contribution in [-0.4, -0.2) is 20.3 Å². The first-order chi connectivity index (χ1) is 9.74. The molecule has 0 spiro atoms. The molecule has 5 heteroatoms. The number of carbonyl (C=O) groups is 1. The van der Waals surface area contributed by atoms with Gasteiger partial charge < -0.3 is 9.72 Å². The van der Waals surface area contributed by atoms with E-state index in [1.54, 1.807) is 18.5 Å². The van der Waals surface area contributed by atoms with Gasteiger partial charge in [0.25, 0.3) is 5.91 Å². The fourth-order valence-corrected chi connectivity index (χ4v) is 2.09. The van der Waals surface area contributed by atoms with Crippen LogP contribution >= 0.6 is 0 Å². The molecule has 3 aromatic heterocycles. The molecule has 0 radical (unpaired) electrons. The van der Waals surface area contributed by atoms with Gasteiger partial charge in [0.1, 0.15) is 5.65 Å². The Morgan fingerprint density at radius 3 is 2.90 bits per heavy atom. The quantitative estimate of drug-likeness (QED) is 0.788. The summed E-state index contributed by atoms with van der Waals surface area (Å²) in [6.07, 6.45) is 7.20. The molecule has 0 saturated heterocycles. The van der Waals surface area contributed by atoms with Crippen LogP contribution < -0.4 is 5.32 Å². The zero-order chi connectivity index (χ0) is 13.9. The van der Waals surface area contributed by atoms with Gasteiger partial charge in [0.15, 0.2) is 0 Å². The Balaban J connectivity index is 1.82. The van der Waals surface area contributed by atoms with Crippen LogP contribution in [0.3, 0.4) is 0 Å². The summed E-state index contributed by atoms with van der Waals surface area (Å²) in [5, 5.41) is 2.90. The van der Waals surface area contributed by atoms with Crippen molar-refractivity contribution in [3.05, 3.63) is 65.9 Å². The molecule has 0 aliphatic rings. The third-order valence-corrected chi connectivity index (χ3v) is 3.05. The Bertz CT molecular complexity index is 749. The minimum absolute atomic E-state index is 0.127. The Morgan fingerprint density at radius 2 is 2.10 bits per heavy atom. The number of nitrogens with one attached hydrogen (secondary N) is 1. The summed E-state index contributed by atoms with van der Waals surface area (Å²) in [4.78, 5) is 20.6. The molecule has 0 unspecified atom stereocenters. The van der Waals surface area contributed by atoms with Gasteiger partial charge in [-0.05, 0) is 36.8 Å². The molecule has 0 aliphatic carbocycles. The highest BCUT2D eigenvalue weighted by Gasteiger charge is 2.11. The van der Waals surface area contributed by atoms with Gasteiger partial charge in [0.05, 0.1) is 11.3 Å². The lowest BCUT2D eigenvalue weighted by molar-refractivity contribution is 0.0952. The van der Waals surface area contributed by atoms with Crippen molar-refractivity contribution in [3.63, 3.8) is 0 Å². The molecular formula is C15H14N4O. The van der Waals surface area contributed by atoms with Crippen LogP contribution in [0.5, 0.6) is 0 Å². The third-order valence-electron chi connectivity index (χ3n) is 3.05. The normalized spacial score (nSPS) is 10.7. The van der Waals surface area contributed by atoms with Crippen molar-refractivity contribution in [2.45, 2.75) is 13.5 Å². The molecule has 3 aromatic rings. The molecule has 3 heterocycles. The maximum atomic E-state index is 12.3. The van der Waals surface area contributed by atoms with Gasteiger partial charge in [0.2, 0.25) is 0 Å². The smallest absolute Gasteiger partial charge is 0.255 e. The van der Waals surface area contributed by atoms with Crippen molar-refractivity contribution in [2.24, 2.45) is 0 Å². The minimum atomic E-state index is -0.127. The van der Waals surface area contributed by atoms with Crippen LogP contribution in [0.4, 0.5) is 0 Å². The van der Waals surface area contributed by atoms with E-state index in [-0.39, 0.29) is 5.91 Å². The molecule has 100 valence electrons. The summed E-state index contributed by atoms with van der Waals surface area (Å²) in [5.74, 6) is -0.127. The lowest BCUT2D eigenvalue weighted by Crippen LogP contribution is -2.23. The zero-order valence-corrected chi connectivity index (χ0v) is 11.1. The van der Waals surface area contributed by atoms with Crippen LogP contribution in [-0.2, 0) is 6.54 Å². The number of imidazole rings is 1. The fraction of sp³-hybridized carbons (Fsp3) is 0.133. The first-order valence-electron chi connectivity index (χ1n) is 6.35. The SMILES string of the molecule is Cc1cn2cccc(C(=O)NCc3ccncc3)c2n1. The van der Waals surface area contributed by atoms with E-state index in [4.69, 9.17) is 0 Å². The molecule has 0 aliphatic heterocycles. The van der Waals surface area contributed by atoms with Crippen molar-refractivity contribution < 1.29 is 4.79 Å². The topological polar surface area (TPSA) is 59.3 Å². The molecule has 0 bridgehead atoms. The number of aryl methyl sites for hydroxylation is 1. The second-order valence-corrected chi connectivity index (χ2v) is 4.57. The molecule has 3 rings (SSSR count). The number of aromatic nitrogens is 3. The van der Waals surface area contributed by atoms with Crippen molar-refractivity contribution in [1.82, 2.24) is 19.7 Å². The maximum absolute atomic E-state index is 12.3. The van der Waals surface area contributed by atoms with Gasteiger partial charge in [-0.2, -0.15) is 0 Å². The number of rotatable bonds is 3. The average molecular weight is 266 g/mol. The molecule has 0 saturated carbocycles. The Morgan fingerprint density at radius 1 is 1.30 bits per heavy atom. The number of hydrogen-bond acceptors (Lipinski definition) is 3. The number of amides is 1. The highest BCUT2D eigenvalue weighted by atomic mass is 16.1. The first-order valence-corrected chi connectivity index (χ1v) is 6.35. The highest BCUT2D eigenvalue weighted by Crippen LogP contribution is 2.11. The number of pyridine rings is 2. The molecular weight excluding hydrogens is 252 g/mol. The van der Waals surface area contributed by atoms with E-state index in [2.05, 4.69) is 15.3 Å². The summed E-state index contributed by atoms with van der Waals surface area (Å²) < 4.78 is 1.86. The Kier molecular flexibility index (Phi) is 3.16. The molecule has 0 fully saturated rings. The molecule has 20 heavy (non-hydrogen) atoms. The first kappa shape index (κ1) is 12.3. The van der Waals surface area contributed by atoms with Crippen LogP contribution in [0.25, 0.3) is 5.65 Å². The second kappa shape index (κ2) is 5.13. The van der Waals surface area contributed by atoms with Gasteiger partial charge in [-0.15, -0.1) is 0 Å². The van der Waals surface area contributed by atoms with Gasteiger partial charge in [-0.1, -0.05) is 0 Å². The number of hydrogen-bond donors (Lipinski definition) is 1. The van der Waals surface area contributed by atoms with Gasteiger partial charge in [0, 0.05) is 31.3 Å². The minimum Gasteiger partial charge on any atom is -0.348 e. The summed E-state index contributed by atoms with van der Waals surface area (Å²) in [5.41, 5.74) is 3.16. The van der Waals surface area contributed by atoms with E-state index in [0.717, 1.165) is 11.3 Å². The molecule has 1 amide bonds. The number of fused-ring (bicyclic) bond motifs is 1. The van der Waals surface area contributed by atoms with Crippen molar-refractivity contribution in [3.8, 4) is 0 Å². The Labute approximate surface area is 116 Å². The number of carbonyl (C=O) groups excluding carboxylic acids is 1. The largest absolute Gasteiger partial charge is 0.348 e. The fourth-order valence-electron chi connectivity index (χ4n) is 2.09. The highest BCUT2D eigenvalue weighted by molar-refractivity contribution is 5.99. The van der Waals surface area contributed by atoms with E-state index in [1.807, 2.05) is 41.9 Å². The van der Waals surface area contributed by atoms with E-state index >= 15 is 0 Å². The van der Waals surface area contributed by atoms with Crippen LogP contribution in [0.1, 0.15) is 21.6 Å². The standard InChI is InChI=1S/C15H14N4O/c1-11-10-19-8-2-3-13(14(19)18-11)15(20)17-9-12-4-6-16-7-5-12/h2-8,10H,9H2,1H3,(H,17,20). The molecule has 0 aromatic carbocycles. The monoisotopic (exact) mass is 266 g/mol. The van der Waals surface area contributed by atoms with E-state index in [1.165, 1.54) is 0 Å². The van der Waals surface area contributed by atoms with Crippen LogP contribution in [0.15, 0.2) is 49.1 Å². The number of nitrogens with zero attached hydrogens (tertiary/aromatic N) is 3. The average Bonchev–Trinajstić information content (AvgIpc) is 2.85. The Hall–Kier alpha value is -2.69. The third kappa shape index (κ3) is 2.38. The summed E-state index contributed by atoms with van der Waals surface area (Å²) in [6.45, 7) is 2.38. The van der Waals surface area contributed by atoms with Crippen molar-refractivity contribution in [2.75, 3.05) is 0 Å². The van der Waals surface area contributed by atoms with Crippen LogP contribution in [0.2, 0.25) is 0 Å². The predicted molar refractivity (Wildman–Crippen MR) is 75.3 cm³/mol. The zero-order valence-electron chi connectivity index (χ0n) is 11.1.